The number of carbonyl (C=O) groups is 1. The van der Waals surface area contributed by atoms with Crippen LogP contribution in [0.25, 0.3) is 0 Å². The summed E-state index contributed by atoms with van der Waals surface area (Å²) in [4.78, 5) is 18.2. The molecule has 7 heteroatoms. The number of rotatable bonds is 6. The Labute approximate surface area is 167 Å². The molecule has 1 aromatic carbocycles. The van der Waals surface area contributed by atoms with E-state index in [0.29, 0.717) is 25.6 Å². The normalized spacial score (nSPS) is 14.8. The molecule has 2 rings (SSSR count). The molecule has 1 amide bonds. The number of piperazine rings is 1. The Kier molecular flexibility index (Phi) is 9.62. The molecule has 0 radical (unpaired) electrons. The van der Waals surface area contributed by atoms with Crippen molar-refractivity contribution in [3.8, 4) is 0 Å². The largest absolute Gasteiger partial charge is 0.360 e. The highest BCUT2D eigenvalue weighted by Crippen LogP contribution is 2.16. The Hall–Kier alpha value is -1.51. The lowest BCUT2D eigenvalue weighted by molar-refractivity contribution is -0.120. The summed E-state index contributed by atoms with van der Waals surface area (Å²) >= 11 is 0. The van der Waals surface area contributed by atoms with Gasteiger partial charge in [0.2, 0.25) is 5.91 Å². The zero-order valence-corrected chi connectivity index (χ0v) is 17.7. The molecule has 0 aliphatic carbocycles. The van der Waals surface area contributed by atoms with Crippen LogP contribution >= 0.6 is 24.0 Å². The molecule has 140 valence electrons. The number of amides is 1. The van der Waals surface area contributed by atoms with Gasteiger partial charge >= 0.3 is 0 Å². The molecule has 0 saturated carbocycles. The van der Waals surface area contributed by atoms with Gasteiger partial charge in [-0.3, -0.25) is 4.79 Å². The zero-order chi connectivity index (χ0) is 17.4. The third kappa shape index (κ3) is 7.50. The first-order valence-corrected chi connectivity index (χ1v) is 8.71. The van der Waals surface area contributed by atoms with E-state index < -0.39 is 0 Å². The summed E-state index contributed by atoms with van der Waals surface area (Å²) in [7, 11) is 0. The number of nitrogens with one attached hydrogen (secondary N) is 3. The van der Waals surface area contributed by atoms with E-state index >= 15 is 0 Å². The molecule has 1 fully saturated rings. The number of guanidine groups is 1. The van der Waals surface area contributed by atoms with Crippen molar-refractivity contribution in [2.45, 2.75) is 27.3 Å². The van der Waals surface area contributed by atoms with Crippen LogP contribution in [-0.4, -0.2) is 44.6 Å². The molecular weight excluding hydrogens is 429 g/mol. The molecule has 1 aliphatic rings. The molecule has 0 unspecified atom stereocenters. The minimum Gasteiger partial charge on any atom is -0.360 e. The summed E-state index contributed by atoms with van der Waals surface area (Å²) in [6.45, 7) is 10.8. The smallest absolute Gasteiger partial charge is 0.239 e. The van der Waals surface area contributed by atoms with E-state index in [1.807, 2.05) is 0 Å². The monoisotopic (exact) mass is 459 g/mol. The summed E-state index contributed by atoms with van der Waals surface area (Å²) in [5, 5.41) is 9.45. The average Bonchev–Trinajstić information content (AvgIpc) is 2.58. The second-order valence-electron chi connectivity index (χ2n) is 6.41. The van der Waals surface area contributed by atoms with Crippen LogP contribution in [0.2, 0.25) is 0 Å². The summed E-state index contributed by atoms with van der Waals surface area (Å²) in [5.41, 5.74) is 2.24. The Morgan fingerprint density at radius 3 is 2.60 bits per heavy atom. The number of anilines is 1. The predicted octanol–water partition coefficient (Wildman–Crippen LogP) is 1.95. The number of aliphatic imine (C=N–C) groups is 1. The van der Waals surface area contributed by atoms with E-state index in [0.717, 1.165) is 36.8 Å². The van der Waals surface area contributed by atoms with Crippen LogP contribution in [0.1, 0.15) is 26.3 Å². The van der Waals surface area contributed by atoms with Crippen LogP contribution in [-0.2, 0) is 11.3 Å². The first kappa shape index (κ1) is 21.5. The van der Waals surface area contributed by atoms with Crippen molar-refractivity contribution in [3.63, 3.8) is 0 Å². The first-order chi connectivity index (χ1) is 11.6. The van der Waals surface area contributed by atoms with Gasteiger partial charge in [-0.25, -0.2) is 4.99 Å². The highest BCUT2D eigenvalue weighted by Gasteiger charge is 2.16. The number of benzene rings is 1. The summed E-state index contributed by atoms with van der Waals surface area (Å²) in [6, 6.07) is 8.30. The minimum atomic E-state index is 0. The highest BCUT2D eigenvalue weighted by atomic mass is 127. The van der Waals surface area contributed by atoms with Crippen LogP contribution in [0.3, 0.4) is 0 Å². The second-order valence-corrected chi connectivity index (χ2v) is 6.41. The van der Waals surface area contributed by atoms with E-state index in [4.69, 9.17) is 0 Å². The number of hydrogen-bond acceptors (Lipinski definition) is 3. The van der Waals surface area contributed by atoms with Crippen molar-refractivity contribution in [1.82, 2.24) is 16.0 Å². The van der Waals surface area contributed by atoms with Gasteiger partial charge in [0, 0.05) is 31.9 Å². The van der Waals surface area contributed by atoms with Crippen LogP contribution in [0.5, 0.6) is 0 Å². The molecular formula is C18H30IN5O. The van der Waals surface area contributed by atoms with Crippen molar-refractivity contribution >= 4 is 41.5 Å². The van der Waals surface area contributed by atoms with E-state index in [1.165, 1.54) is 0 Å². The minimum absolute atomic E-state index is 0. The van der Waals surface area contributed by atoms with E-state index in [-0.39, 0.29) is 29.9 Å². The standard InChI is InChI=1S/C18H29N5O.HI/c1-4-19-18(21-11-14(2)3)22-12-15-5-7-16(8-6-15)23-10-9-20-17(24)13-23;/h5-8,14H,4,9-13H2,1-3H3,(H,20,24)(H2,19,21,22);1H. The van der Waals surface area contributed by atoms with E-state index in [9.17, 15) is 4.79 Å². The number of nitrogens with zero attached hydrogens (tertiary/aromatic N) is 2. The van der Waals surface area contributed by atoms with Gasteiger partial charge in [0.1, 0.15) is 0 Å². The maximum absolute atomic E-state index is 11.5. The quantitative estimate of drug-likeness (QED) is 0.346. The third-order valence-electron chi connectivity index (χ3n) is 3.78. The third-order valence-corrected chi connectivity index (χ3v) is 3.78. The predicted molar refractivity (Wildman–Crippen MR) is 115 cm³/mol. The lowest BCUT2D eigenvalue weighted by atomic mass is 10.2. The molecule has 6 nitrogen and oxygen atoms in total. The number of halogens is 1. The van der Waals surface area contributed by atoms with Crippen LogP contribution in [0.4, 0.5) is 5.69 Å². The van der Waals surface area contributed by atoms with Gasteiger partial charge in [-0.05, 0) is 30.5 Å². The Morgan fingerprint density at radius 1 is 1.28 bits per heavy atom. The van der Waals surface area contributed by atoms with Gasteiger partial charge in [0.15, 0.2) is 5.96 Å². The fourth-order valence-corrected chi connectivity index (χ4v) is 2.48. The summed E-state index contributed by atoms with van der Waals surface area (Å²) in [6.07, 6.45) is 0. The maximum atomic E-state index is 11.5. The van der Waals surface area contributed by atoms with Crippen molar-refractivity contribution in [3.05, 3.63) is 29.8 Å². The van der Waals surface area contributed by atoms with Crippen molar-refractivity contribution in [2.75, 3.05) is 37.6 Å². The molecule has 0 bridgehead atoms. The Morgan fingerprint density at radius 2 is 2.00 bits per heavy atom. The van der Waals surface area contributed by atoms with Crippen LogP contribution in [0.15, 0.2) is 29.3 Å². The topological polar surface area (TPSA) is 68.8 Å². The molecule has 1 saturated heterocycles. The maximum Gasteiger partial charge on any atom is 0.239 e. The van der Waals surface area contributed by atoms with Crippen LogP contribution in [0, 0.1) is 5.92 Å². The Balaban J connectivity index is 0.00000312. The van der Waals surface area contributed by atoms with Gasteiger partial charge in [0.05, 0.1) is 13.1 Å². The van der Waals surface area contributed by atoms with E-state index in [1.54, 1.807) is 0 Å². The molecule has 0 atom stereocenters. The lowest BCUT2D eigenvalue weighted by Crippen LogP contribution is -2.47. The molecule has 0 spiro atoms. The van der Waals surface area contributed by atoms with Crippen molar-refractivity contribution in [2.24, 2.45) is 10.9 Å². The lowest BCUT2D eigenvalue weighted by Gasteiger charge is -2.28. The second kappa shape index (κ2) is 11.2. The van der Waals surface area contributed by atoms with Crippen molar-refractivity contribution in [1.29, 1.82) is 0 Å². The number of hydrogen-bond donors (Lipinski definition) is 3. The van der Waals surface area contributed by atoms with Crippen molar-refractivity contribution < 1.29 is 4.79 Å². The van der Waals surface area contributed by atoms with E-state index in [2.05, 4.69) is 70.9 Å². The highest BCUT2D eigenvalue weighted by molar-refractivity contribution is 14.0. The fraction of sp³-hybridized carbons (Fsp3) is 0.556. The Bertz CT molecular complexity index is 559. The summed E-state index contributed by atoms with van der Waals surface area (Å²) < 4.78 is 0. The van der Waals surface area contributed by atoms with Gasteiger partial charge in [-0.15, -0.1) is 24.0 Å². The zero-order valence-electron chi connectivity index (χ0n) is 15.3. The fourth-order valence-electron chi connectivity index (χ4n) is 2.48. The van der Waals surface area contributed by atoms with Gasteiger partial charge < -0.3 is 20.9 Å². The average molecular weight is 459 g/mol. The molecule has 0 aromatic heterocycles. The first-order valence-electron chi connectivity index (χ1n) is 8.71. The molecule has 25 heavy (non-hydrogen) atoms. The van der Waals surface area contributed by atoms with Gasteiger partial charge in [-0.2, -0.15) is 0 Å². The molecule has 1 heterocycles. The molecule has 1 aliphatic heterocycles. The SMILES string of the molecule is CCNC(=NCc1ccc(N2CCNC(=O)C2)cc1)NCC(C)C.I. The summed E-state index contributed by atoms with van der Waals surface area (Å²) in [5.74, 6) is 1.51. The molecule has 3 N–H and O–H groups in total. The van der Waals surface area contributed by atoms with Gasteiger partial charge in [-0.1, -0.05) is 26.0 Å². The van der Waals surface area contributed by atoms with Gasteiger partial charge in [0.25, 0.3) is 0 Å². The molecule has 1 aromatic rings. The number of carbonyl (C=O) groups excluding carboxylic acids is 1. The van der Waals surface area contributed by atoms with Crippen LogP contribution < -0.4 is 20.9 Å².